The molecule has 0 saturated heterocycles. The number of carbonyl (C=O) groups excluding carboxylic acids is 4. The number of aromatic nitrogens is 4. The lowest BCUT2D eigenvalue weighted by molar-refractivity contribution is -0.116. The first-order valence-corrected chi connectivity index (χ1v) is 10.2. The minimum atomic E-state index is -0.632. The SMILES string of the molecule is CCOC(=O)c1nc(NC(=O)c2nc(NC(=O)CCNC(=O)OC(C)(C)C)cn2C)cn1C. The van der Waals surface area contributed by atoms with Crippen LogP contribution in [0.25, 0.3) is 0 Å². The third-order valence-electron chi connectivity index (χ3n) is 3.94. The topological polar surface area (TPSA) is 158 Å². The van der Waals surface area contributed by atoms with Crippen molar-refractivity contribution in [2.24, 2.45) is 14.1 Å². The van der Waals surface area contributed by atoms with Crippen LogP contribution in [0.2, 0.25) is 0 Å². The van der Waals surface area contributed by atoms with Gasteiger partial charge >= 0.3 is 12.1 Å². The van der Waals surface area contributed by atoms with Crippen LogP contribution >= 0.6 is 0 Å². The Balaban J connectivity index is 1.92. The van der Waals surface area contributed by atoms with Gasteiger partial charge in [0, 0.05) is 39.5 Å². The van der Waals surface area contributed by atoms with Gasteiger partial charge < -0.3 is 34.6 Å². The Morgan fingerprint density at radius 1 is 0.970 bits per heavy atom. The van der Waals surface area contributed by atoms with Gasteiger partial charge in [-0.05, 0) is 27.7 Å². The van der Waals surface area contributed by atoms with Crippen LogP contribution in [0.3, 0.4) is 0 Å². The van der Waals surface area contributed by atoms with Crippen LogP contribution in [-0.4, -0.2) is 61.7 Å². The van der Waals surface area contributed by atoms with Crippen molar-refractivity contribution < 1.29 is 28.7 Å². The number of alkyl carbamates (subject to hydrolysis) is 1. The van der Waals surface area contributed by atoms with E-state index in [-0.39, 0.29) is 42.9 Å². The van der Waals surface area contributed by atoms with Crippen LogP contribution in [0.1, 0.15) is 55.4 Å². The molecule has 0 saturated carbocycles. The number of hydrogen-bond donors (Lipinski definition) is 3. The van der Waals surface area contributed by atoms with Gasteiger partial charge in [0.25, 0.3) is 5.91 Å². The van der Waals surface area contributed by atoms with Gasteiger partial charge in [0.15, 0.2) is 11.6 Å². The summed E-state index contributed by atoms with van der Waals surface area (Å²) < 4.78 is 12.9. The van der Waals surface area contributed by atoms with Gasteiger partial charge in [-0.25, -0.2) is 19.6 Å². The van der Waals surface area contributed by atoms with E-state index in [0.717, 1.165) is 0 Å². The van der Waals surface area contributed by atoms with Gasteiger partial charge in [-0.2, -0.15) is 0 Å². The molecule has 0 aromatic carbocycles. The highest BCUT2D eigenvalue weighted by Gasteiger charge is 2.20. The maximum atomic E-state index is 12.6. The first-order chi connectivity index (χ1) is 15.4. The normalized spacial score (nSPS) is 11.0. The molecule has 0 aliphatic carbocycles. The molecule has 2 aromatic rings. The Bertz CT molecular complexity index is 1030. The molecular formula is C20H29N7O6. The fraction of sp³-hybridized carbons (Fsp3) is 0.500. The largest absolute Gasteiger partial charge is 0.460 e. The standard InChI is InChI=1S/C20H29N7O6/c1-7-32-18(30)16-24-13(11-27(16)6)25-17(29)15-23-12(10-26(15)5)22-14(28)8-9-21-19(31)33-20(2,3)4/h10-11H,7-9H2,1-6H3,(H,21,31)(H,22,28)(H,25,29). The number of hydrogen-bond acceptors (Lipinski definition) is 8. The van der Waals surface area contributed by atoms with Gasteiger partial charge in [0.1, 0.15) is 5.60 Å². The van der Waals surface area contributed by atoms with E-state index >= 15 is 0 Å². The average molecular weight is 463 g/mol. The van der Waals surface area contributed by atoms with Crippen molar-refractivity contribution in [2.75, 3.05) is 23.8 Å². The van der Waals surface area contributed by atoms with Crippen molar-refractivity contribution in [1.82, 2.24) is 24.4 Å². The van der Waals surface area contributed by atoms with Crippen LogP contribution in [0.5, 0.6) is 0 Å². The summed E-state index contributed by atoms with van der Waals surface area (Å²) >= 11 is 0. The molecule has 0 unspecified atom stereocenters. The second-order valence-corrected chi connectivity index (χ2v) is 8.02. The summed E-state index contributed by atoms with van der Waals surface area (Å²) in [7, 11) is 3.19. The van der Waals surface area contributed by atoms with E-state index in [1.807, 2.05) is 0 Å². The summed E-state index contributed by atoms with van der Waals surface area (Å²) in [6.07, 6.45) is 2.30. The molecule has 0 bridgehead atoms. The van der Waals surface area contributed by atoms with Gasteiger partial charge in [0.2, 0.25) is 17.6 Å². The second-order valence-electron chi connectivity index (χ2n) is 8.02. The summed E-state index contributed by atoms with van der Waals surface area (Å²) in [5, 5.41) is 7.60. The van der Waals surface area contributed by atoms with Crippen molar-refractivity contribution in [1.29, 1.82) is 0 Å². The lowest BCUT2D eigenvalue weighted by atomic mass is 10.2. The van der Waals surface area contributed by atoms with E-state index in [1.54, 1.807) is 41.8 Å². The summed E-state index contributed by atoms with van der Waals surface area (Å²) in [5.41, 5.74) is -0.632. The molecule has 2 heterocycles. The number of anilines is 2. The quantitative estimate of drug-likeness (QED) is 0.496. The van der Waals surface area contributed by atoms with E-state index in [4.69, 9.17) is 9.47 Å². The summed E-state index contributed by atoms with van der Waals surface area (Å²) in [5.74, 6) is -1.23. The highest BCUT2D eigenvalue weighted by atomic mass is 16.6. The zero-order valence-corrected chi connectivity index (χ0v) is 19.5. The van der Waals surface area contributed by atoms with Gasteiger partial charge in [-0.15, -0.1) is 0 Å². The second kappa shape index (κ2) is 10.6. The van der Waals surface area contributed by atoms with Crippen LogP contribution in [0.4, 0.5) is 16.4 Å². The van der Waals surface area contributed by atoms with Crippen LogP contribution in [0.15, 0.2) is 12.4 Å². The van der Waals surface area contributed by atoms with E-state index < -0.39 is 29.5 Å². The van der Waals surface area contributed by atoms with E-state index in [0.29, 0.717) is 0 Å². The average Bonchev–Trinajstić information content (AvgIpc) is 3.22. The molecule has 0 atom stereocenters. The fourth-order valence-corrected chi connectivity index (χ4v) is 2.62. The van der Waals surface area contributed by atoms with E-state index in [1.165, 1.54) is 21.5 Å². The number of nitrogens with one attached hydrogen (secondary N) is 3. The minimum absolute atomic E-state index is 0.0120. The van der Waals surface area contributed by atoms with Gasteiger partial charge in [-0.3, -0.25) is 9.59 Å². The Hall–Kier alpha value is -3.90. The molecule has 3 amide bonds. The minimum Gasteiger partial charge on any atom is -0.460 e. The summed E-state index contributed by atoms with van der Waals surface area (Å²) in [6, 6.07) is 0. The van der Waals surface area contributed by atoms with Gasteiger partial charge in [-0.1, -0.05) is 0 Å². The third kappa shape index (κ3) is 7.63. The number of ether oxygens (including phenoxy) is 2. The Labute approximate surface area is 190 Å². The lowest BCUT2D eigenvalue weighted by Gasteiger charge is -2.19. The number of amides is 3. The number of esters is 1. The molecule has 13 nitrogen and oxygen atoms in total. The zero-order valence-electron chi connectivity index (χ0n) is 19.5. The Kier molecular flexibility index (Phi) is 8.16. The number of rotatable bonds is 8. The number of carbonyl (C=O) groups is 4. The molecule has 13 heteroatoms. The number of aryl methyl sites for hydroxylation is 2. The van der Waals surface area contributed by atoms with Crippen LogP contribution < -0.4 is 16.0 Å². The van der Waals surface area contributed by atoms with Crippen molar-refractivity contribution >= 4 is 35.5 Å². The van der Waals surface area contributed by atoms with Crippen molar-refractivity contribution in [3.8, 4) is 0 Å². The first-order valence-electron chi connectivity index (χ1n) is 10.2. The first kappa shape index (κ1) is 25.4. The Morgan fingerprint density at radius 2 is 1.55 bits per heavy atom. The highest BCUT2D eigenvalue weighted by Crippen LogP contribution is 2.12. The summed E-state index contributed by atoms with van der Waals surface area (Å²) in [4.78, 5) is 56.3. The highest BCUT2D eigenvalue weighted by molar-refractivity contribution is 6.02. The molecule has 0 spiro atoms. The van der Waals surface area contributed by atoms with Crippen LogP contribution in [0, 0.1) is 0 Å². The number of imidazole rings is 2. The third-order valence-corrected chi connectivity index (χ3v) is 3.94. The predicted octanol–water partition coefficient (Wildman–Crippen LogP) is 1.44. The molecule has 0 aliphatic heterocycles. The number of nitrogens with zero attached hydrogens (tertiary/aromatic N) is 4. The van der Waals surface area contributed by atoms with Gasteiger partial charge in [0.05, 0.1) is 6.61 Å². The fourth-order valence-electron chi connectivity index (χ4n) is 2.62. The van der Waals surface area contributed by atoms with Crippen molar-refractivity contribution in [3.63, 3.8) is 0 Å². The van der Waals surface area contributed by atoms with Crippen molar-refractivity contribution in [2.45, 2.75) is 39.7 Å². The molecule has 0 radical (unpaired) electrons. The molecule has 3 N–H and O–H groups in total. The van der Waals surface area contributed by atoms with E-state index in [2.05, 4.69) is 25.9 Å². The monoisotopic (exact) mass is 463 g/mol. The molecular weight excluding hydrogens is 434 g/mol. The molecule has 0 aliphatic rings. The molecule has 180 valence electrons. The smallest absolute Gasteiger partial charge is 0.407 e. The van der Waals surface area contributed by atoms with Crippen molar-refractivity contribution in [3.05, 3.63) is 24.0 Å². The lowest BCUT2D eigenvalue weighted by Crippen LogP contribution is -2.34. The van der Waals surface area contributed by atoms with Crippen LogP contribution in [-0.2, 0) is 28.4 Å². The Morgan fingerprint density at radius 3 is 2.15 bits per heavy atom. The summed E-state index contributed by atoms with van der Waals surface area (Å²) in [6.45, 7) is 7.16. The molecule has 33 heavy (non-hydrogen) atoms. The van der Waals surface area contributed by atoms with E-state index in [9.17, 15) is 19.2 Å². The predicted molar refractivity (Wildman–Crippen MR) is 118 cm³/mol. The maximum absolute atomic E-state index is 12.6. The molecule has 2 aromatic heterocycles. The zero-order chi connectivity index (χ0) is 24.8. The molecule has 2 rings (SSSR count). The molecule has 0 fully saturated rings. The maximum Gasteiger partial charge on any atom is 0.407 e.